The monoisotopic (exact) mass is 732 g/mol. The molecule has 0 N–H and O–H groups in total. The van der Waals surface area contributed by atoms with Crippen LogP contribution in [0.1, 0.15) is 0 Å². The summed E-state index contributed by atoms with van der Waals surface area (Å²) in [6.45, 7) is 0. The van der Waals surface area contributed by atoms with Gasteiger partial charge < -0.3 is 4.42 Å². The maximum atomic E-state index is 6.78. The van der Waals surface area contributed by atoms with Crippen LogP contribution in [-0.4, -0.2) is 9.97 Å². The molecule has 11 rings (SSSR count). The molecular formula is C52H32N2OS. The van der Waals surface area contributed by atoms with E-state index in [9.17, 15) is 0 Å². The Morgan fingerprint density at radius 3 is 1.62 bits per heavy atom. The molecule has 262 valence electrons. The number of aromatic nitrogens is 2. The molecule has 0 saturated carbocycles. The molecule has 8 aromatic carbocycles. The Kier molecular flexibility index (Phi) is 7.68. The van der Waals surface area contributed by atoms with Crippen LogP contribution in [0.25, 0.3) is 109 Å². The molecule has 0 fully saturated rings. The third-order valence-corrected chi connectivity index (χ3v) is 11.9. The molecular weight excluding hydrogens is 701 g/mol. The first-order valence-corrected chi connectivity index (χ1v) is 19.6. The van der Waals surface area contributed by atoms with Crippen molar-refractivity contribution in [3.63, 3.8) is 0 Å². The Balaban J connectivity index is 1.04. The molecule has 11 aromatic rings. The standard InChI is InChI=1S/C52H32N2OS/c1-3-11-33(12-4-1)34-19-21-35(22-20-34)36-23-25-38(26-24-36)52-53-45(37-13-5-2-6-14-37)32-46(54-52)42-29-28-40(50-43-16-7-9-17-47(43)55-51(42)50)39-27-30-49-44(31-39)41-15-8-10-18-48(41)56-49/h1-32H. The summed E-state index contributed by atoms with van der Waals surface area (Å²) in [6, 6.07) is 68.4. The first kappa shape index (κ1) is 32.3. The number of hydrogen-bond acceptors (Lipinski definition) is 4. The van der Waals surface area contributed by atoms with E-state index in [0.29, 0.717) is 5.82 Å². The summed E-state index contributed by atoms with van der Waals surface area (Å²) in [5, 5.41) is 4.73. The summed E-state index contributed by atoms with van der Waals surface area (Å²) in [7, 11) is 0. The maximum Gasteiger partial charge on any atom is 0.160 e. The largest absolute Gasteiger partial charge is 0.455 e. The second-order valence-electron chi connectivity index (χ2n) is 14.1. The van der Waals surface area contributed by atoms with Gasteiger partial charge in [0.15, 0.2) is 5.82 Å². The van der Waals surface area contributed by atoms with Gasteiger partial charge in [-0.1, -0.05) is 158 Å². The number of para-hydroxylation sites is 1. The molecule has 0 radical (unpaired) electrons. The first-order chi connectivity index (χ1) is 27.7. The molecule has 3 heterocycles. The van der Waals surface area contributed by atoms with Gasteiger partial charge >= 0.3 is 0 Å². The molecule has 0 spiro atoms. The van der Waals surface area contributed by atoms with Crippen LogP contribution in [0.3, 0.4) is 0 Å². The lowest BCUT2D eigenvalue weighted by molar-refractivity contribution is 0.670. The van der Waals surface area contributed by atoms with Crippen molar-refractivity contribution in [3.8, 4) is 67.3 Å². The summed E-state index contributed by atoms with van der Waals surface area (Å²) in [5.41, 5.74) is 13.2. The Labute approximate surface area is 327 Å². The van der Waals surface area contributed by atoms with Gasteiger partial charge in [0.2, 0.25) is 0 Å². The molecule has 0 saturated heterocycles. The third kappa shape index (κ3) is 5.58. The van der Waals surface area contributed by atoms with Gasteiger partial charge in [0.1, 0.15) is 11.2 Å². The second-order valence-corrected chi connectivity index (χ2v) is 15.2. The third-order valence-electron chi connectivity index (χ3n) is 10.8. The van der Waals surface area contributed by atoms with Crippen molar-refractivity contribution in [1.29, 1.82) is 0 Å². The average molecular weight is 733 g/mol. The van der Waals surface area contributed by atoms with E-state index in [2.05, 4.69) is 176 Å². The summed E-state index contributed by atoms with van der Waals surface area (Å²) in [5.74, 6) is 0.662. The summed E-state index contributed by atoms with van der Waals surface area (Å²) in [4.78, 5) is 10.4. The van der Waals surface area contributed by atoms with Gasteiger partial charge in [-0.25, -0.2) is 9.97 Å². The van der Waals surface area contributed by atoms with Gasteiger partial charge in [-0.3, -0.25) is 0 Å². The zero-order valence-corrected chi connectivity index (χ0v) is 31.0. The van der Waals surface area contributed by atoms with Crippen molar-refractivity contribution in [2.75, 3.05) is 0 Å². The number of fused-ring (bicyclic) bond motifs is 6. The van der Waals surface area contributed by atoms with Crippen LogP contribution in [0, 0.1) is 0 Å². The SMILES string of the molecule is c1ccc(-c2ccc(-c3ccc(-c4nc(-c5ccccc5)cc(-c5ccc(-c6ccc7sc8ccccc8c7c6)c6c5oc5ccccc56)n4)cc3)cc2)cc1. The maximum absolute atomic E-state index is 6.78. The number of furan rings is 1. The van der Waals surface area contributed by atoms with Crippen LogP contribution in [0.4, 0.5) is 0 Å². The normalized spacial score (nSPS) is 11.6. The molecule has 3 aromatic heterocycles. The Hall–Kier alpha value is -7.14. The minimum Gasteiger partial charge on any atom is -0.455 e. The lowest BCUT2D eigenvalue weighted by Gasteiger charge is -2.12. The van der Waals surface area contributed by atoms with Gasteiger partial charge in [-0.15, -0.1) is 11.3 Å². The van der Waals surface area contributed by atoms with Crippen molar-refractivity contribution in [1.82, 2.24) is 9.97 Å². The lowest BCUT2D eigenvalue weighted by atomic mass is 9.95. The van der Waals surface area contributed by atoms with Crippen molar-refractivity contribution >= 4 is 53.4 Å². The van der Waals surface area contributed by atoms with Gasteiger partial charge in [-0.05, 0) is 69.8 Å². The average Bonchev–Trinajstić information content (AvgIpc) is 3.85. The number of hydrogen-bond donors (Lipinski definition) is 0. The summed E-state index contributed by atoms with van der Waals surface area (Å²) in [6.07, 6.45) is 0. The highest BCUT2D eigenvalue weighted by atomic mass is 32.1. The van der Waals surface area contributed by atoms with E-state index in [4.69, 9.17) is 14.4 Å². The predicted molar refractivity (Wildman–Crippen MR) is 235 cm³/mol. The molecule has 0 amide bonds. The van der Waals surface area contributed by atoms with E-state index in [-0.39, 0.29) is 0 Å². The fourth-order valence-electron chi connectivity index (χ4n) is 7.93. The Morgan fingerprint density at radius 2 is 0.893 bits per heavy atom. The van der Waals surface area contributed by atoms with Crippen LogP contribution in [0.2, 0.25) is 0 Å². The van der Waals surface area contributed by atoms with E-state index in [1.807, 2.05) is 29.5 Å². The van der Waals surface area contributed by atoms with Crippen LogP contribution in [-0.2, 0) is 0 Å². The lowest BCUT2D eigenvalue weighted by Crippen LogP contribution is -1.96. The fourth-order valence-corrected chi connectivity index (χ4v) is 9.02. The van der Waals surface area contributed by atoms with Gasteiger partial charge in [-0.2, -0.15) is 0 Å². The van der Waals surface area contributed by atoms with E-state index in [0.717, 1.165) is 72.3 Å². The predicted octanol–water partition coefficient (Wildman–Crippen LogP) is 14.7. The molecule has 0 aliphatic carbocycles. The highest BCUT2D eigenvalue weighted by Crippen LogP contribution is 2.44. The van der Waals surface area contributed by atoms with E-state index in [1.165, 1.54) is 31.3 Å². The zero-order valence-electron chi connectivity index (χ0n) is 30.2. The Bertz CT molecular complexity index is 3220. The number of benzene rings is 8. The van der Waals surface area contributed by atoms with Crippen LogP contribution < -0.4 is 0 Å². The quantitative estimate of drug-likeness (QED) is 0.171. The minimum absolute atomic E-state index is 0.662. The smallest absolute Gasteiger partial charge is 0.160 e. The van der Waals surface area contributed by atoms with Crippen LogP contribution in [0.5, 0.6) is 0 Å². The fraction of sp³-hybridized carbons (Fsp3) is 0. The van der Waals surface area contributed by atoms with E-state index >= 15 is 0 Å². The van der Waals surface area contributed by atoms with Crippen LogP contribution in [0.15, 0.2) is 199 Å². The van der Waals surface area contributed by atoms with Gasteiger partial charge in [0, 0.05) is 47.6 Å². The molecule has 0 aliphatic rings. The second kappa shape index (κ2) is 13.3. The topological polar surface area (TPSA) is 38.9 Å². The first-order valence-electron chi connectivity index (χ1n) is 18.8. The highest BCUT2D eigenvalue weighted by molar-refractivity contribution is 7.25. The summed E-state index contributed by atoms with van der Waals surface area (Å²) < 4.78 is 9.37. The molecule has 56 heavy (non-hydrogen) atoms. The summed E-state index contributed by atoms with van der Waals surface area (Å²) >= 11 is 1.84. The molecule has 0 atom stereocenters. The van der Waals surface area contributed by atoms with Crippen molar-refractivity contribution < 1.29 is 4.42 Å². The minimum atomic E-state index is 0.662. The number of thiophene rings is 1. The zero-order chi connectivity index (χ0) is 37.0. The van der Waals surface area contributed by atoms with Crippen molar-refractivity contribution in [3.05, 3.63) is 194 Å². The van der Waals surface area contributed by atoms with E-state index < -0.39 is 0 Å². The van der Waals surface area contributed by atoms with E-state index in [1.54, 1.807) is 0 Å². The molecule has 0 unspecified atom stereocenters. The number of rotatable bonds is 6. The number of nitrogens with zero attached hydrogens (tertiary/aromatic N) is 2. The Morgan fingerprint density at radius 1 is 0.357 bits per heavy atom. The van der Waals surface area contributed by atoms with Gasteiger partial charge in [0.25, 0.3) is 0 Å². The van der Waals surface area contributed by atoms with Crippen LogP contribution >= 0.6 is 11.3 Å². The molecule has 3 nitrogen and oxygen atoms in total. The highest BCUT2D eigenvalue weighted by Gasteiger charge is 2.20. The van der Waals surface area contributed by atoms with Crippen molar-refractivity contribution in [2.45, 2.75) is 0 Å². The molecule has 4 heteroatoms. The molecule has 0 bridgehead atoms. The van der Waals surface area contributed by atoms with Crippen molar-refractivity contribution in [2.24, 2.45) is 0 Å². The van der Waals surface area contributed by atoms with Gasteiger partial charge in [0.05, 0.1) is 11.4 Å². The molecule has 0 aliphatic heterocycles.